The Bertz CT molecular complexity index is 538. The van der Waals surface area contributed by atoms with Crippen molar-refractivity contribution in [3.63, 3.8) is 0 Å². The summed E-state index contributed by atoms with van der Waals surface area (Å²) in [5.41, 5.74) is 8.97. The molecule has 0 atom stereocenters. The fourth-order valence-corrected chi connectivity index (χ4v) is 2.00. The second-order valence-electron chi connectivity index (χ2n) is 3.93. The van der Waals surface area contributed by atoms with Gasteiger partial charge in [0, 0.05) is 12.1 Å². The predicted octanol–water partition coefficient (Wildman–Crippen LogP) is 2.83. The first kappa shape index (κ1) is 12.5. The zero-order valence-corrected chi connectivity index (χ0v) is 10.6. The Morgan fingerprint density at radius 1 is 0.944 bits per heavy atom. The fourth-order valence-electron chi connectivity index (χ4n) is 2.00. The maximum absolute atomic E-state index is 5.81. The fraction of sp³-hybridized carbons (Fsp3) is 0.200. The molecule has 0 aromatic heterocycles. The lowest BCUT2D eigenvalue weighted by Gasteiger charge is -2.13. The van der Waals surface area contributed by atoms with Gasteiger partial charge >= 0.3 is 0 Å². The molecule has 2 aromatic rings. The molecule has 0 radical (unpaired) electrons. The third kappa shape index (κ3) is 2.31. The van der Waals surface area contributed by atoms with Crippen molar-refractivity contribution in [3.05, 3.63) is 48.0 Å². The first-order valence-electron chi connectivity index (χ1n) is 5.80. The molecule has 0 unspecified atom stereocenters. The second kappa shape index (κ2) is 5.56. The summed E-state index contributed by atoms with van der Waals surface area (Å²) in [6.45, 7) is 0.463. The lowest BCUT2D eigenvalue weighted by molar-refractivity contribution is 0.413. The van der Waals surface area contributed by atoms with Crippen LogP contribution in [0.25, 0.3) is 11.1 Å². The molecule has 0 aliphatic rings. The number of hydrogen-bond donors (Lipinski definition) is 1. The van der Waals surface area contributed by atoms with Crippen LogP contribution >= 0.6 is 0 Å². The Morgan fingerprint density at radius 2 is 1.72 bits per heavy atom. The van der Waals surface area contributed by atoms with E-state index in [-0.39, 0.29) is 0 Å². The number of benzene rings is 2. The zero-order chi connectivity index (χ0) is 13.0. The van der Waals surface area contributed by atoms with Gasteiger partial charge in [-0.1, -0.05) is 24.3 Å². The van der Waals surface area contributed by atoms with E-state index in [2.05, 4.69) is 0 Å². The molecule has 2 aromatic carbocycles. The van der Waals surface area contributed by atoms with Gasteiger partial charge in [0.25, 0.3) is 0 Å². The number of para-hydroxylation sites is 1. The van der Waals surface area contributed by atoms with Crippen LogP contribution in [0.1, 0.15) is 5.56 Å². The predicted molar refractivity (Wildman–Crippen MR) is 72.9 cm³/mol. The van der Waals surface area contributed by atoms with Crippen LogP contribution in [0.2, 0.25) is 0 Å². The highest BCUT2D eigenvalue weighted by Crippen LogP contribution is 2.33. The summed E-state index contributed by atoms with van der Waals surface area (Å²) in [5, 5.41) is 0. The van der Waals surface area contributed by atoms with Gasteiger partial charge in [-0.25, -0.2) is 0 Å². The van der Waals surface area contributed by atoms with Crippen molar-refractivity contribution in [3.8, 4) is 22.6 Å². The molecular formula is C15H17NO2. The van der Waals surface area contributed by atoms with Gasteiger partial charge in [0.1, 0.15) is 11.5 Å². The lowest BCUT2D eigenvalue weighted by Crippen LogP contribution is -2.00. The largest absolute Gasteiger partial charge is 0.497 e. The molecule has 2 rings (SSSR count). The molecule has 0 amide bonds. The van der Waals surface area contributed by atoms with Crippen molar-refractivity contribution in [2.75, 3.05) is 14.2 Å². The summed E-state index contributed by atoms with van der Waals surface area (Å²) in [5.74, 6) is 1.66. The van der Waals surface area contributed by atoms with Crippen molar-refractivity contribution in [2.45, 2.75) is 6.54 Å². The molecule has 0 heterocycles. The highest BCUT2D eigenvalue weighted by Gasteiger charge is 2.09. The first-order valence-corrected chi connectivity index (χ1v) is 5.80. The lowest BCUT2D eigenvalue weighted by atomic mass is 9.98. The molecule has 0 fully saturated rings. The van der Waals surface area contributed by atoms with Crippen LogP contribution in [-0.2, 0) is 6.54 Å². The molecule has 18 heavy (non-hydrogen) atoms. The first-order chi connectivity index (χ1) is 8.80. The average molecular weight is 243 g/mol. The van der Waals surface area contributed by atoms with Crippen molar-refractivity contribution in [1.29, 1.82) is 0 Å². The Morgan fingerprint density at radius 3 is 2.39 bits per heavy atom. The molecule has 3 heteroatoms. The topological polar surface area (TPSA) is 44.5 Å². The summed E-state index contributed by atoms with van der Waals surface area (Å²) in [6.07, 6.45) is 0. The van der Waals surface area contributed by atoms with Gasteiger partial charge in [-0.15, -0.1) is 0 Å². The molecule has 3 nitrogen and oxygen atoms in total. The summed E-state index contributed by atoms with van der Waals surface area (Å²) < 4.78 is 10.6. The summed E-state index contributed by atoms with van der Waals surface area (Å²) >= 11 is 0. The van der Waals surface area contributed by atoms with E-state index in [0.29, 0.717) is 6.54 Å². The molecular weight excluding hydrogens is 226 g/mol. The molecule has 94 valence electrons. The Hall–Kier alpha value is -2.00. The van der Waals surface area contributed by atoms with Gasteiger partial charge in [-0.2, -0.15) is 0 Å². The smallest absolute Gasteiger partial charge is 0.126 e. The maximum Gasteiger partial charge on any atom is 0.126 e. The van der Waals surface area contributed by atoms with Crippen LogP contribution in [0.3, 0.4) is 0 Å². The molecule has 0 bridgehead atoms. The van der Waals surface area contributed by atoms with Crippen molar-refractivity contribution in [1.82, 2.24) is 0 Å². The summed E-state index contributed by atoms with van der Waals surface area (Å²) in [7, 11) is 3.32. The van der Waals surface area contributed by atoms with Crippen molar-refractivity contribution < 1.29 is 9.47 Å². The highest BCUT2D eigenvalue weighted by atomic mass is 16.5. The number of nitrogens with two attached hydrogens (primary N) is 1. The third-order valence-electron chi connectivity index (χ3n) is 2.93. The van der Waals surface area contributed by atoms with Gasteiger partial charge in [0.05, 0.1) is 14.2 Å². The van der Waals surface area contributed by atoms with Crippen LogP contribution in [0.4, 0.5) is 0 Å². The average Bonchev–Trinajstić information content (AvgIpc) is 2.46. The minimum absolute atomic E-state index is 0.463. The van der Waals surface area contributed by atoms with Crippen molar-refractivity contribution in [2.24, 2.45) is 5.73 Å². The van der Waals surface area contributed by atoms with Crippen LogP contribution in [-0.4, -0.2) is 14.2 Å². The van der Waals surface area contributed by atoms with E-state index >= 15 is 0 Å². The van der Waals surface area contributed by atoms with E-state index in [1.807, 2.05) is 42.5 Å². The molecule has 0 spiro atoms. The standard InChI is InChI=1S/C15H17NO2/c1-17-12-7-8-13(11(9-12)10-16)14-5-3-4-6-15(14)18-2/h3-9H,10,16H2,1-2H3. The number of hydrogen-bond acceptors (Lipinski definition) is 3. The molecule has 0 saturated heterocycles. The quantitative estimate of drug-likeness (QED) is 0.898. The van der Waals surface area contributed by atoms with Crippen LogP contribution in [0, 0.1) is 0 Å². The van der Waals surface area contributed by atoms with Crippen LogP contribution < -0.4 is 15.2 Å². The SMILES string of the molecule is COc1ccc(-c2ccccc2OC)c(CN)c1. The van der Waals surface area contributed by atoms with E-state index in [0.717, 1.165) is 28.2 Å². The Labute approximate surface area is 107 Å². The van der Waals surface area contributed by atoms with Gasteiger partial charge in [-0.05, 0) is 29.3 Å². The van der Waals surface area contributed by atoms with Crippen LogP contribution in [0.5, 0.6) is 11.5 Å². The molecule has 0 saturated carbocycles. The minimum atomic E-state index is 0.463. The monoisotopic (exact) mass is 243 g/mol. The molecule has 0 aliphatic heterocycles. The van der Waals surface area contributed by atoms with E-state index in [9.17, 15) is 0 Å². The van der Waals surface area contributed by atoms with Gasteiger partial charge in [0.2, 0.25) is 0 Å². The van der Waals surface area contributed by atoms with Crippen LogP contribution in [0.15, 0.2) is 42.5 Å². The molecule has 2 N–H and O–H groups in total. The van der Waals surface area contributed by atoms with Gasteiger partial charge in [-0.3, -0.25) is 0 Å². The van der Waals surface area contributed by atoms with Crippen molar-refractivity contribution >= 4 is 0 Å². The van der Waals surface area contributed by atoms with E-state index in [1.54, 1.807) is 14.2 Å². The van der Waals surface area contributed by atoms with Gasteiger partial charge < -0.3 is 15.2 Å². The van der Waals surface area contributed by atoms with E-state index in [4.69, 9.17) is 15.2 Å². The zero-order valence-electron chi connectivity index (χ0n) is 10.6. The van der Waals surface area contributed by atoms with Gasteiger partial charge in [0.15, 0.2) is 0 Å². The normalized spacial score (nSPS) is 10.2. The second-order valence-corrected chi connectivity index (χ2v) is 3.93. The van der Waals surface area contributed by atoms with E-state index < -0.39 is 0 Å². The Balaban J connectivity index is 2.56. The Kier molecular flexibility index (Phi) is 3.85. The maximum atomic E-state index is 5.81. The molecule has 0 aliphatic carbocycles. The highest BCUT2D eigenvalue weighted by molar-refractivity contribution is 5.74. The minimum Gasteiger partial charge on any atom is -0.497 e. The number of methoxy groups -OCH3 is 2. The summed E-state index contributed by atoms with van der Waals surface area (Å²) in [4.78, 5) is 0. The summed E-state index contributed by atoms with van der Waals surface area (Å²) in [6, 6.07) is 13.8. The number of ether oxygens (including phenoxy) is 2. The van der Waals surface area contributed by atoms with E-state index in [1.165, 1.54) is 0 Å². The number of rotatable bonds is 4. The third-order valence-corrected chi connectivity index (χ3v) is 2.93.